The molecule has 0 amide bonds. The lowest BCUT2D eigenvalue weighted by Crippen LogP contribution is -2.53. The lowest BCUT2D eigenvalue weighted by Gasteiger charge is -2.56. The SMILES string of the molecule is O=C(O)c1cnc(NC2CCC23CCC3)cn1. The lowest BCUT2D eigenvalue weighted by atomic mass is 9.53. The normalized spacial score (nSPS) is 24.8. The van der Waals surface area contributed by atoms with E-state index >= 15 is 0 Å². The van der Waals surface area contributed by atoms with Crippen molar-refractivity contribution in [1.82, 2.24) is 9.97 Å². The van der Waals surface area contributed by atoms with Crippen LogP contribution in [0.3, 0.4) is 0 Å². The summed E-state index contributed by atoms with van der Waals surface area (Å²) in [6.07, 6.45) is 9.26. The molecule has 0 saturated heterocycles. The van der Waals surface area contributed by atoms with Crippen molar-refractivity contribution in [3.05, 3.63) is 18.1 Å². The molecule has 0 bridgehead atoms. The van der Waals surface area contributed by atoms with Crippen molar-refractivity contribution in [1.29, 1.82) is 0 Å². The van der Waals surface area contributed by atoms with Crippen LogP contribution in [-0.4, -0.2) is 27.1 Å². The fourth-order valence-corrected chi connectivity index (χ4v) is 2.84. The number of carboxylic acid groups (broad SMARTS) is 1. The van der Waals surface area contributed by atoms with E-state index in [4.69, 9.17) is 5.11 Å². The molecule has 3 rings (SSSR count). The number of hydrogen-bond donors (Lipinski definition) is 2. The fraction of sp³-hybridized carbons (Fsp3) is 0.583. The highest BCUT2D eigenvalue weighted by Crippen LogP contribution is 2.56. The van der Waals surface area contributed by atoms with Crippen LogP contribution in [-0.2, 0) is 0 Å². The number of anilines is 1. The van der Waals surface area contributed by atoms with Crippen LogP contribution in [0.1, 0.15) is 42.6 Å². The first-order valence-corrected chi connectivity index (χ1v) is 6.01. The molecule has 1 aromatic heterocycles. The largest absolute Gasteiger partial charge is 0.476 e. The zero-order valence-corrected chi connectivity index (χ0v) is 9.52. The molecule has 0 aromatic carbocycles. The van der Waals surface area contributed by atoms with E-state index in [1.807, 2.05) is 0 Å². The highest BCUT2D eigenvalue weighted by Gasteiger charge is 2.50. The van der Waals surface area contributed by atoms with Gasteiger partial charge in [-0.2, -0.15) is 0 Å². The third-order valence-electron chi connectivity index (χ3n) is 4.21. The minimum atomic E-state index is -1.04. The first-order valence-electron chi connectivity index (χ1n) is 6.01. The van der Waals surface area contributed by atoms with Crippen LogP contribution in [0.4, 0.5) is 5.82 Å². The molecule has 5 heteroatoms. The number of carboxylic acids is 1. The molecule has 1 heterocycles. The van der Waals surface area contributed by atoms with E-state index in [1.54, 1.807) is 0 Å². The molecule has 2 aliphatic carbocycles. The third kappa shape index (κ3) is 1.66. The Balaban J connectivity index is 1.67. The Hall–Kier alpha value is -1.65. The van der Waals surface area contributed by atoms with Crippen molar-refractivity contribution in [2.45, 2.75) is 38.1 Å². The molecule has 0 radical (unpaired) electrons. The van der Waals surface area contributed by atoms with Gasteiger partial charge in [-0.25, -0.2) is 14.8 Å². The van der Waals surface area contributed by atoms with Gasteiger partial charge in [0.1, 0.15) is 5.82 Å². The molecular formula is C12H15N3O2. The quantitative estimate of drug-likeness (QED) is 0.834. The summed E-state index contributed by atoms with van der Waals surface area (Å²) in [4.78, 5) is 18.6. The van der Waals surface area contributed by atoms with Crippen molar-refractivity contribution < 1.29 is 9.90 Å². The summed E-state index contributed by atoms with van der Waals surface area (Å²) >= 11 is 0. The third-order valence-corrected chi connectivity index (χ3v) is 4.21. The second kappa shape index (κ2) is 3.68. The van der Waals surface area contributed by atoms with Gasteiger partial charge < -0.3 is 10.4 Å². The molecule has 2 aliphatic rings. The van der Waals surface area contributed by atoms with Crippen molar-refractivity contribution in [3.8, 4) is 0 Å². The Morgan fingerprint density at radius 2 is 2.18 bits per heavy atom. The predicted octanol–water partition coefficient (Wildman–Crippen LogP) is 1.92. The monoisotopic (exact) mass is 233 g/mol. The van der Waals surface area contributed by atoms with Gasteiger partial charge in [0.05, 0.1) is 12.4 Å². The minimum absolute atomic E-state index is 0.0116. The Bertz CT molecular complexity index is 434. The van der Waals surface area contributed by atoms with Gasteiger partial charge in [0.25, 0.3) is 0 Å². The first kappa shape index (κ1) is 10.5. The summed E-state index contributed by atoms with van der Waals surface area (Å²) in [5.41, 5.74) is 0.496. The highest BCUT2D eigenvalue weighted by molar-refractivity contribution is 5.84. The van der Waals surface area contributed by atoms with Crippen molar-refractivity contribution in [2.24, 2.45) is 5.41 Å². The number of aromatic nitrogens is 2. The van der Waals surface area contributed by atoms with Gasteiger partial charge in [-0.15, -0.1) is 0 Å². The fourth-order valence-electron chi connectivity index (χ4n) is 2.84. The van der Waals surface area contributed by atoms with Crippen molar-refractivity contribution in [2.75, 3.05) is 5.32 Å². The number of hydrogen-bond acceptors (Lipinski definition) is 4. The second-order valence-corrected chi connectivity index (χ2v) is 5.04. The van der Waals surface area contributed by atoms with E-state index in [0.29, 0.717) is 17.3 Å². The van der Waals surface area contributed by atoms with Gasteiger partial charge in [0.15, 0.2) is 5.69 Å². The van der Waals surface area contributed by atoms with Crippen LogP contribution >= 0.6 is 0 Å². The molecule has 1 spiro atoms. The van der Waals surface area contributed by atoms with Crippen LogP contribution in [0.15, 0.2) is 12.4 Å². The van der Waals surface area contributed by atoms with Gasteiger partial charge in [0, 0.05) is 6.04 Å². The maximum absolute atomic E-state index is 10.6. The van der Waals surface area contributed by atoms with Crippen molar-refractivity contribution >= 4 is 11.8 Å². The standard InChI is InChI=1S/C12H15N3O2/c16-11(17)8-6-14-10(7-13-8)15-9-2-5-12(9)3-1-4-12/h6-7,9H,1-5H2,(H,14,15)(H,16,17). The first-order chi connectivity index (χ1) is 8.20. The highest BCUT2D eigenvalue weighted by atomic mass is 16.4. The van der Waals surface area contributed by atoms with Gasteiger partial charge >= 0.3 is 5.97 Å². The maximum Gasteiger partial charge on any atom is 0.356 e. The van der Waals surface area contributed by atoms with Gasteiger partial charge in [-0.1, -0.05) is 6.42 Å². The summed E-state index contributed by atoms with van der Waals surface area (Å²) in [5, 5.41) is 12.1. The number of nitrogens with one attached hydrogen (secondary N) is 1. The molecule has 1 unspecified atom stereocenters. The van der Waals surface area contributed by atoms with Crippen LogP contribution < -0.4 is 5.32 Å². The molecule has 90 valence electrons. The molecule has 2 saturated carbocycles. The summed E-state index contributed by atoms with van der Waals surface area (Å²) in [6, 6.07) is 0.501. The number of nitrogens with zero attached hydrogens (tertiary/aromatic N) is 2. The topological polar surface area (TPSA) is 75.1 Å². The van der Waals surface area contributed by atoms with Crippen LogP contribution in [0.5, 0.6) is 0 Å². The Morgan fingerprint density at radius 1 is 1.35 bits per heavy atom. The maximum atomic E-state index is 10.6. The molecule has 17 heavy (non-hydrogen) atoms. The van der Waals surface area contributed by atoms with E-state index in [1.165, 1.54) is 44.5 Å². The Morgan fingerprint density at radius 3 is 2.59 bits per heavy atom. The molecule has 1 aromatic rings. The summed E-state index contributed by atoms with van der Waals surface area (Å²) in [5.74, 6) is -0.353. The summed E-state index contributed by atoms with van der Waals surface area (Å²) < 4.78 is 0. The zero-order chi connectivity index (χ0) is 11.9. The predicted molar refractivity (Wildman–Crippen MR) is 61.9 cm³/mol. The van der Waals surface area contributed by atoms with Crippen LogP contribution in [0.2, 0.25) is 0 Å². The van der Waals surface area contributed by atoms with Gasteiger partial charge in [-0.3, -0.25) is 0 Å². The van der Waals surface area contributed by atoms with E-state index in [-0.39, 0.29) is 5.69 Å². The van der Waals surface area contributed by atoms with Crippen LogP contribution in [0, 0.1) is 5.41 Å². The molecule has 2 fully saturated rings. The number of rotatable bonds is 3. The molecule has 2 N–H and O–H groups in total. The minimum Gasteiger partial charge on any atom is -0.476 e. The van der Waals surface area contributed by atoms with E-state index in [2.05, 4.69) is 15.3 Å². The Labute approximate surface area is 99.3 Å². The van der Waals surface area contributed by atoms with E-state index in [0.717, 1.165) is 0 Å². The molecular weight excluding hydrogens is 218 g/mol. The van der Waals surface area contributed by atoms with Crippen LogP contribution in [0.25, 0.3) is 0 Å². The lowest BCUT2D eigenvalue weighted by molar-refractivity contribution is 0.0128. The molecule has 0 aliphatic heterocycles. The second-order valence-electron chi connectivity index (χ2n) is 5.04. The van der Waals surface area contributed by atoms with E-state index < -0.39 is 5.97 Å². The van der Waals surface area contributed by atoms with Gasteiger partial charge in [-0.05, 0) is 31.1 Å². The molecule has 5 nitrogen and oxygen atoms in total. The molecule has 1 atom stereocenters. The zero-order valence-electron chi connectivity index (χ0n) is 9.52. The summed E-state index contributed by atoms with van der Waals surface area (Å²) in [7, 11) is 0. The number of carbonyl (C=O) groups is 1. The Kier molecular flexibility index (Phi) is 2.28. The van der Waals surface area contributed by atoms with Crippen molar-refractivity contribution in [3.63, 3.8) is 0 Å². The van der Waals surface area contributed by atoms with Gasteiger partial charge in [0.2, 0.25) is 0 Å². The van der Waals surface area contributed by atoms with E-state index in [9.17, 15) is 4.79 Å². The smallest absolute Gasteiger partial charge is 0.356 e. The number of aromatic carboxylic acids is 1. The average molecular weight is 233 g/mol. The average Bonchev–Trinajstić information content (AvgIpc) is 2.23. The summed E-state index contributed by atoms with van der Waals surface area (Å²) in [6.45, 7) is 0.